The number of anilines is 2. The quantitative estimate of drug-likeness (QED) is 0.583. The standard InChI is InChI=1S/C16H17N3O6S/c1-3-25-16(20)18-26(23,24)15-10-13(19(21)22)8-9-14(15)17-12-6-4-11(2)5-7-12/h4-10,17H,3H2,1-2H3,(H,18,20). The highest BCUT2D eigenvalue weighted by molar-refractivity contribution is 7.90. The monoisotopic (exact) mass is 379 g/mol. The van der Waals surface area contributed by atoms with Crippen LogP contribution in [0.2, 0.25) is 0 Å². The van der Waals surface area contributed by atoms with Crippen molar-refractivity contribution in [2.45, 2.75) is 18.7 Å². The molecule has 0 atom stereocenters. The molecule has 0 bridgehead atoms. The maximum atomic E-state index is 12.5. The first-order valence-corrected chi connectivity index (χ1v) is 9.03. The molecule has 26 heavy (non-hydrogen) atoms. The fourth-order valence-electron chi connectivity index (χ4n) is 2.07. The Hall–Kier alpha value is -3.14. The summed E-state index contributed by atoms with van der Waals surface area (Å²) in [5.41, 5.74) is 1.24. The molecule has 0 radical (unpaired) electrons. The van der Waals surface area contributed by atoms with Gasteiger partial charge in [0, 0.05) is 17.8 Å². The van der Waals surface area contributed by atoms with Crippen LogP contribution in [0.15, 0.2) is 47.4 Å². The zero-order valence-corrected chi connectivity index (χ0v) is 14.9. The van der Waals surface area contributed by atoms with Crippen LogP contribution in [0.4, 0.5) is 21.9 Å². The number of aryl methyl sites for hydroxylation is 1. The molecule has 0 saturated heterocycles. The van der Waals surface area contributed by atoms with Crippen molar-refractivity contribution < 1.29 is 22.9 Å². The molecule has 9 nitrogen and oxygen atoms in total. The predicted molar refractivity (Wildman–Crippen MR) is 94.9 cm³/mol. The third-order valence-corrected chi connectivity index (χ3v) is 4.64. The van der Waals surface area contributed by atoms with Crippen molar-refractivity contribution in [1.29, 1.82) is 0 Å². The van der Waals surface area contributed by atoms with Crippen LogP contribution in [0.1, 0.15) is 12.5 Å². The Bertz CT molecular complexity index is 926. The molecule has 138 valence electrons. The highest BCUT2D eigenvalue weighted by atomic mass is 32.2. The second kappa shape index (κ2) is 7.83. The number of rotatable bonds is 6. The first-order valence-electron chi connectivity index (χ1n) is 7.54. The van der Waals surface area contributed by atoms with Crippen LogP contribution in [0, 0.1) is 17.0 Å². The number of nitro benzene ring substituents is 1. The number of hydrogen-bond donors (Lipinski definition) is 2. The Morgan fingerprint density at radius 3 is 2.42 bits per heavy atom. The van der Waals surface area contributed by atoms with Crippen LogP contribution >= 0.6 is 0 Å². The van der Waals surface area contributed by atoms with Crippen LogP contribution in [0.3, 0.4) is 0 Å². The third-order valence-electron chi connectivity index (χ3n) is 3.29. The summed E-state index contributed by atoms with van der Waals surface area (Å²) in [5, 5.41) is 13.9. The molecule has 2 aromatic carbocycles. The maximum Gasteiger partial charge on any atom is 0.421 e. The van der Waals surface area contributed by atoms with E-state index in [0.29, 0.717) is 5.69 Å². The molecule has 0 aliphatic carbocycles. The third kappa shape index (κ3) is 4.70. The number of sulfonamides is 1. The van der Waals surface area contributed by atoms with Gasteiger partial charge in [-0.1, -0.05) is 17.7 Å². The Morgan fingerprint density at radius 1 is 1.19 bits per heavy atom. The van der Waals surface area contributed by atoms with Crippen molar-refractivity contribution in [3.63, 3.8) is 0 Å². The van der Waals surface area contributed by atoms with Gasteiger partial charge in [0.2, 0.25) is 0 Å². The lowest BCUT2D eigenvalue weighted by Gasteiger charge is -2.13. The summed E-state index contributed by atoms with van der Waals surface area (Å²) in [4.78, 5) is 21.3. The van der Waals surface area contributed by atoms with Gasteiger partial charge in [0.25, 0.3) is 15.7 Å². The van der Waals surface area contributed by atoms with E-state index in [9.17, 15) is 23.3 Å². The number of hydrogen-bond acceptors (Lipinski definition) is 7. The second-order valence-electron chi connectivity index (χ2n) is 5.25. The Balaban J connectivity index is 2.46. The molecule has 0 aliphatic rings. The molecule has 10 heteroatoms. The predicted octanol–water partition coefficient (Wildman–Crippen LogP) is 3.08. The maximum absolute atomic E-state index is 12.5. The summed E-state index contributed by atoms with van der Waals surface area (Å²) < 4.78 is 31.3. The van der Waals surface area contributed by atoms with E-state index >= 15 is 0 Å². The van der Waals surface area contributed by atoms with Crippen molar-refractivity contribution >= 4 is 33.2 Å². The van der Waals surface area contributed by atoms with Gasteiger partial charge in [0.15, 0.2) is 0 Å². The number of nitrogens with zero attached hydrogens (tertiary/aromatic N) is 1. The second-order valence-corrected chi connectivity index (χ2v) is 6.91. The summed E-state index contributed by atoms with van der Waals surface area (Å²) in [5.74, 6) is 0. The van der Waals surface area contributed by atoms with Gasteiger partial charge in [-0.15, -0.1) is 0 Å². The minimum atomic E-state index is -4.39. The minimum absolute atomic E-state index is 0.0231. The van der Waals surface area contributed by atoms with E-state index in [0.717, 1.165) is 11.6 Å². The van der Waals surface area contributed by atoms with E-state index in [1.807, 2.05) is 19.1 Å². The lowest BCUT2D eigenvalue weighted by molar-refractivity contribution is -0.385. The largest absolute Gasteiger partial charge is 0.449 e. The fourth-order valence-corrected chi connectivity index (χ4v) is 3.14. The van der Waals surface area contributed by atoms with Gasteiger partial charge in [0.1, 0.15) is 4.90 Å². The van der Waals surface area contributed by atoms with E-state index < -0.39 is 31.6 Å². The average molecular weight is 379 g/mol. The SMILES string of the molecule is CCOC(=O)NS(=O)(=O)c1cc([N+](=O)[O-])ccc1Nc1ccc(C)cc1. The van der Waals surface area contributed by atoms with Crippen LogP contribution in [-0.4, -0.2) is 26.0 Å². The molecular weight excluding hydrogens is 362 g/mol. The molecule has 0 aliphatic heterocycles. The smallest absolute Gasteiger partial charge is 0.421 e. The number of carbonyl (C=O) groups is 1. The molecule has 0 fully saturated rings. The molecule has 0 aromatic heterocycles. The molecule has 0 spiro atoms. The number of nitro groups is 1. The molecule has 1 amide bonds. The van der Waals surface area contributed by atoms with Crippen LogP contribution in [0.25, 0.3) is 0 Å². The minimum Gasteiger partial charge on any atom is -0.449 e. The normalized spacial score (nSPS) is 10.8. The summed E-state index contributed by atoms with van der Waals surface area (Å²) in [7, 11) is -4.39. The first-order chi connectivity index (χ1) is 12.2. The van der Waals surface area contributed by atoms with E-state index in [1.165, 1.54) is 19.1 Å². The van der Waals surface area contributed by atoms with E-state index in [1.54, 1.807) is 16.9 Å². The summed E-state index contributed by atoms with van der Waals surface area (Å²) >= 11 is 0. The number of amides is 1. The Kier molecular flexibility index (Phi) is 5.78. The summed E-state index contributed by atoms with van der Waals surface area (Å²) in [6, 6.07) is 10.4. The zero-order chi connectivity index (χ0) is 19.3. The molecule has 0 heterocycles. The van der Waals surface area contributed by atoms with Gasteiger partial charge in [-0.2, -0.15) is 0 Å². The fraction of sp³-hybridized carbons (Fsp3) is 0.188. The zero-order valence-electron chi connectivity index (χ0n) is 14.1. The molecule has 2 rings (SSSR count). The molecule has 0 saturated carbocycles. The van der Waals surface area contributed by atoms with Crippen LogP contribution in [-0.2, 0) is 14.8 Å². The number of carbonyl (C=O) groups excluding carboxylic acids is 1. The Morgan fingerprint density at radius 2 is 1.85 bits per heavy atom. The first kappa shape index (κ1) is 19.2. The van der Waals surface area contributed by atoms with Gasteiger partial charge in [-0.05, 0) is 32.0 Å². The molecule has 2 aromatic rings. The van der Waals surface area contributed by atoms with Gasteiger partial charge < -0.3 is 10.1 Å². The summed E-state index contributed by atoms with van der Waals surface area (Å²) in [6.45, 7) is 3.39. The highest BCUT2D eigenvalue weighted by Gasteiger charge is 2.25. The van der Waals surface area contributed by atoms with Gasteiger partial charge in [-0.3, -0.25) is 10.1 Å². The van der Waals surface area contributed by atoms with Crippen molar-refractivity contribution in [2.24, 2.45) is 0 Å². The lowest BCUT2D eigenvalue weighted by Crippen LogP contribution is -2.31. The summed E-state index contributed by atoms with van der Waals surface area (Å²) in [6.07, 6.45) is -1.17. The van der Waals surface area contributed by atoms with Crippen LogP contribution in [0.5, 0.6) is 0 Å². The molecule has 0 unspecified atom stereocenters. The lowest BCUT2D eigenvalue weighted by atomic mass is 10.2. The van der Waals surface area contributed by atoms with Gasteiger partial charge >= 0.3 is 6.09 Å². The van der Waals surface area contributed by atoms with Crippen LogP contribution < -0.4 is 10.0 Å². The van der Waals surface area contributed by atoms with Gasteiger partial charge in [-0.25, -0.2) is 17.9 Å². The number of nitrogens with one attached hydrogen (secondary N) is 2. The molecule has 2 N–H and O–H groups in total. The number of non-ortho nitro benzene ring substituents is 1. The van der Waals surface area contributed by atoms with E-state index in [2.05, 4.69) is 10.1 Å². The van der Waals surface area contributed by atoms with Gasteiger partial charge in [0.05, 0.1) is 17.2 Å². The van der Waals surface area contributed by atoms with E-state index in [-0.39, 0.29) is 12.3 Å². The highest BCUT2D eigenvalue weighted by Crippen LogP contribution is 2.29. The average Bonchev–Trinajstić information content (AvgIpc) is 2.56. The van der Waals surface area contributed by atoms with Crippen molar-refractivity contribution in [3.05, 3.63) is 58.1 Å². The topological polar surface area (TPSA) is 128 Å². The molecular formula is C16H17N3O6S. The van der Waals surface area contributed by atoms with Crippen molar-refractivity contribution in [2.75, 3.05) is 11.9 Å². The van der Waals surface area contributed by atoms with E-state index in [4.69, 9.17) is 0 Å². The number of ether oxygens (including phenoxy) is 1. The number of benzene rings is 2. The van der Waals surface area contributed by atoms with Crippen molar-refractivity contribution in [1.82, 2.24) is 4.72 Å². The Labute approximate surface area is 150 Å². The van der Waals surface area contributed by atoms with Crippen molar-refractivity contribution in [3.8, 4) is 0 Å².